The van der Waals surface area contributed by atoms with Crippen molar-refractivity contribution in [3.8, 4) is 0 Å². The zero-order chi connectivity index (χ0) is 14.1. The van der Waals surface area contributed by atoms with Gasteiger partial charge < -0.3 is 9.47 Å². The highest BCUT2D eigenvalue weighted by molar-refractivity contribution is 14.1. The molecule has 1 atom stereocenters. The fraction of sp³-hybridized carbons (Fsp3) is 0.385. The summed E-state index contributed by atoms with van der Waals surface area (Å²) in [6.07, 6.45) is 3.25. The Morgan fingerprint density at radius 2 is 2.00 bits per heavy atom. The monoisotopic (exact) mass is 396 g/mol. The standard InChI is InChI=1S/C13H17IO4S/c1-17-11-18-12(10-14)6-5-9-19(15,16)13-7-3-2-4-8-13/h2-8,12H,9-11H2,1H3/b6-5+. The Labute approximate surface area is 127 Å². The molecule has 106 valence electrons. The third-order valence-corrected chi connectivity index (χ3v) is 4.81. The highest BCUT2D eigenvalue weighted by atomic mass is 127. The lowest BCUT2D eigenvalue weighted by atomic mass is 10.4. The minimum Gasteiger partial charge on any atom is -0.359 e. The number of ether oxygens (including phenoxy) is 2. The van der Waals surface area contributed by atoms with Gasteiger partial charge in [0, 0.05) is 11.5 Å². The van der Waals surface area contributed by atoms with Crippen molar-refractivity contribution in [1.29, 1.82) is 0 Å². The molecule has 0 radical (unpaired) electrons. The van der Waals surface area contributed by atoms with Gasteiger partial charge in [-0.15, -0.1) is 0 Å². The van der Waals surface area contributed by atoms with Crippen LogP contribution >= 0.6 is 22.6 Å². The summed E-state index contributed by atoms with van der Waals surface area (Å²) in [5, 5.41) is 0. The molecule has 19 heavy (non-hydrogen) atoms. The van der Waals surface area contributed by atoms with Crippen LogP contribution in [-0.2, 0) is 19.3 Å². The molecular weight excluding hydrogens is 379 g/mol. The molecule has 4 nitrogen and oxygen atoms in total. The number of halogens is 1. The molecule has 0 aliphatic heterocycles. The van der Waals surface area contributed by atoms with Crippen LogP contribution < -0.4 is 0 Å². The maximum Gasteiger partial charge on any atom is 0.181 e. The highest BCUT2D eigenvalue weighted by Gasteiger charge is 2.11. The summed E-state index contributed by atoms with van der Waals surface area (Å²) in [4.78, 5) is 0.337. The van der Waals surface area contributed by atoms with Crippen LogP contribution in [0.2, 0.25) is 0 Å². The third-order valence-electron chi connectivity index (χ3n) is 2.32. The second-order valence-electron chi connectivity index (χ2n) is 3.79. The van der Waals surface area contributed by atoms with Gasteiger partial charge in [-0.2, -0.15) is 0 Å². The van der Waals surface area contributed by atoms with Crippen molar-refractivity contribution >= 4 is 32.4 Å². The molecule has 0 saturated carbocycles. The molecule has 1 rings (SSSR count). The van der Waals surface area contributed by atoms with Crippen molar-refractivity contribution in [3.05, 3.63) is 42.5 Å². The quantitative estimate of drug-likeness (QED) is 0.293. The molecule has 0 aromatic heterocycles. The molecule has 0 bridgehead atoms. The van der Waals surface area contributed by atoms with E-state index < -0.39 is 9.84 Å². The van der Waals surface area contributed by atoms with Crippen LogP contribution in [0.3, 0.4) is 0 Å². The van der Waals surface area contributed by atoms with Crippen molar-refractivity contribution in [2.45, 2.75) is 11.0 Å². The average Bonchev–Trinajstić information content (AvgIpc) is 2.43. The van der Waals surface area contributed by atoms with E-state index in [1.807, 2.05) is 0 Å². The zero-order valence-electron chi connectivity index (χ0n) is 10.7. The number of alkyl halides is 1. The maximum absolute atomic E-state index is 12.0. The summed E-state index contributed by atoms with van der Waals surface area (Å²) >= 11 is 2.18. The van der Waals surface area contributed by atoms with Crippen LogP contribution in [0.15, 0.2) is 47.4 Å². The first-order valence-corrected chi connectivity index (χ1v) is 8.89. The maximum atomic E-state index is 12.0. The van der Waals surface area contributed by atoms with Gasteiger partial charge in [0.05, 0.1) is 16.8 Å². The molecule has 0 fully saturated rings. The van der Waals surface area contributed by atoms with Gasteiger partial charge in [0.25, 0.3) is 0 Å². The zero-order valence-corrected chi connectivity index (χ0v) is 13.6. The van der Waals surface area contributed by atoms with Crippen molar-refractivity contribution in [2.24, 2.45) is 0 Å². The van der Waals surface area contributed by atoms with E-state index in [4.69, 9.17) is 9.47 Å². The Morgan fingerprint density at radius 3 is 2.58 bits per heavy atom. The summed E-state index contributed by atoms with van der Waals surface area (Å²) in [5.41, 5.74) is 0. The molecule has 0 aliphatic carbocycles. The minimum atomic E-state index is -3.26. The average molecular weight is 396 g/mol. The fourth-order valence-electron chi connectivity index (χ4n) is 1.37. The lowest BCUT2D eigenvalue weighted by Gasteiger charge is -2.09. The molecule has 1 aromatic rings. The van der Waals surface area contributed by atoms with Gasteiger partial charge in [-0.1, -0.05) is 52.9 Å². The van der Waals surface area contributed by atoms with Crippen LogP contribution in [0.1, 0.15) is 0 Å². The molecule has 1 unspecified atom stereocenters. The lowest BCUT2D eigenvalue weighted by molar-refractivity contribution is -0.0472. The largest absolute Gasteiger partial charge is 0.359 e. The summed E-state index contributed by atoms with van der Waals surface area (Å²) in [6.45, 7) is 0.198. The number of sulfone groups is 1. The van der Waals surface area contributed by atoms with E-state index in [1.165, 1.54) is 0 Å². The van der Waals surface area contributed by atoms with Gasteiger partial charge in [-0.25, -0.2) is 8.42 Å². The first-order valence-electron chi connectivity index (χ1n) is 5.71. The van der Waals surface area contributed by atoms with E-state index in [1.54, 1.807) is 49.6 Å². The van der Waals surface area contributed by atoms with Crippen LogP contribution in [-0.4, -0.2) is 38.6 Å². The van der Waals surface area contributed by atoms with E-state index in [2.05, 4.69) is 22.6 Å². The van der Waals surface area contributed by atoms with E-state index in [9.17, 15) is 8.42 Å². The predicted octanol–water partition coefficient (Wildman–Crippen LogP) is 2.44. The summed E-state index contributed by atoms with van der Waals surface area (Å²) in [6, 6.07) is 8.41. The molecule has 0 amide bonds. The Hall–Kier alpha value is -0.440. The second-order valence-corrected chi connectivity index (χ2v) is 6.70. The first kappa shape index (κ1) is 16.6. The smallest absolute Gasteiger partial charge is 0.181 e. The van der Waals surface area contributed by atoms with Gasteiger partial charge in [0.15, 0.2) is 9.84 Å². The minimum absolute atomic E-state index is 0.0273. The summed E-state index contributed by atoms with van der Waals surface area (Å²) in [7, 11) is -1.71. The number of hydrogen-bond acceptors (Lipinski definition) is 4. The van der Waals surface area contributed by atoms with Crippen molar-refractivity contribution in [1.82, 2.24) is 0 Å². The SMILES string of the molecule is COCOC(/C=C/CS(=O)(=O)c1ccccc1)CI. The fourth-order valence-corrected chi connectivity index (χ4v) is 3.04. The molecule has 0 saturated heterocycles. The molecular formula is C13H17IO4S. The number of hydrogen-bond donors (Lipinski definition) is 0. The Morgan fingerprint density at radius 1 is 1.32 bits per heavy atom. The summed E-state index contributed by atoms with van der Waals surface area (Å²) < 4.78 is 34.9. The topological polar surface area (TPSA) is 52.6 Å². The normalized spacial score (nSPS) is 13.8. The van der Waals surface area contributed by atoms with Crippen molar-refractivity contribution in [3.63, 3.8) is 0 Å². The first-order chi connectivity index (χ1) is 9.10. The second kappa shape index (κ2) is 8.68. The molecule has 0 N–H and O–H groups in total. The van der Waals surface area contributed by atoms with E-state index in [0.29, 0.717) is 4.90 Å². The Balaban J connectivity index is 2.60. The van der Waals surface area contributed by atoms with Crippen LogP contribution in [0.25, 0.3) is 0 Å². The van der Waals surface area contributed by atoms with Gasteiger partial charge >= 0.3 is 0 Å². The molecule has 0 heterocycles. The summed E-state index contributed by atoms with van der Waals surface area (Å²) in [5.74, 6) is -0.0273. The van der Waals surface area contributed by atoms with Gasteiger partial charge in [0.2, 0.25) is 0 Å². The van der Waals surface area contributed by atoms with Crippen molar-refractivity contribution in [2.75, 3.05) is 24.1 Å². The third kappa shape index (κ3) is 6.03. The predicted molar refractivity (Wildman–Crippen MR) is 83.3 cm³/mol. The molecule has 0 spiro atoms. The lowest BCUT2D eigenvalue weighted by Crippen LogP contribution is -2.14. The van der Waals surface area contributed by atoms with Crippen molar-refractivity contribution < 1.29 is 17.9 Å². The Kier molecular flexibility index (Phi) is 7.59. The molecule has 6 heteroatoms. The van der Waals surface area contributed by atoms with Gasteiger partial charge in [0.1, 0.15) is 6.79 Å². The Bertz CT molecular complexity index is 485. The molecule has 1 aromatic carbocycles. The van der Waals surface area contributed by atoms with Gasteiger partial charge in [-0.3, -0.25) is 0 Å². The molecule has 0 aliphatic rings. The van der Waals surface area contributed by atoms with E-state index >= 15 is 0 Å². The van der Waals surface area contributed by atoms with Crippen LogP contribution in [0.4, 0.5) is 0 Å². The number of methoxy groups -OCH3 is 1. The van der Waals surface area contributed by atoms with Gasteiger partial charge in [-0.05, 0) is 12.1 Å². The van der Waals surface area contributed by atoms with E-state index in [-0.39, 0.29) is 18.6 Å². The van der Waals surface area contributed by atoms with E-state index in [0.717, 1.165) is 4.43 Å². The highest BCUT2D eigenvalue weighted by Crippen LogP contribution is 2.10. The van der Waals surface area contributed by atoms with Crippen LogP contribution in [0.5, 0.6) is 0 Å². The number of rotatable bonds is 8. The van der Waals surface area contributed by atoms with Crippen LogP contribution in [0, 0.1) is 0 Å². The number of benzene rings is 1.